The van der Waals surface area contributed by atoms with E-state index < -0.39 is 10.0 Å². The van der Waals surface area contributed by atoms with Crippen LogP contribution in [0.15, 0.2) is 88.2 Å². The highest BCUT2D eigenvalue weighted by molar-refractivity contribution is 9.10. The van der Waals surface area contributed by atoms with Crippen LogP contribution >= 0.6 is 27.5 Å². The van der Waals surface area contributed by atoms with Crippen molar-refractivity contribution in [3.63, 3.8) is 0 Å². The number of rotatable bonds is 9. The van der Waals surface area contributed by atoms with Crippen molar-refractivity contribution in [2.45, 2.75) is 24.3 Å². The second-order valence-corrected chi connectivity index (χ2v) is 10.7. The number of nitrogens with zero attached hydrogens (tertiary/aromatic N) is 1. The van der Waals surface area contributed by atoms with Crippen LogP contribution in [0.1, 0.15) is 24.1 Å². The van der Waals surface area contributed by atoms with Crippen molar-refractivity contribution in [1.29, 1.82) is 0 Å². The molecule has 3 aromatic carbocycles. The summed E-state index contributed by atoms with van der Waals surface area (Å²) in [6.07, 6.45) is 0.489. The molecule has 1 amide bonds. The molecule has 8 heteroatoms. The van der Waals surface area contributed by atoms with Crippen molar-refractivity contribution in [3.8, 4) is 0 Å². The molecule has 32 heavy (non-hydrogen) atoms. The predicted molar refractivity (Wildman–Crippen MR) is 131 cm³/mol. The molecule has 0 aliphatic heterocycles. The van der Waals surface area contributed by atoms with Crippen LogP contribution in [0.25, 0.3) is 0 Å². The Morgan fingerprint density at radius 1 is 1.00 bits per heavy atom. The maximum Gasteiger partial charge on any atom is 0.243 e. The maximum absolute atomic E-state index is 13.3. The van der Waals surface area contributed by atoms with Crippen LogP contribution in [-0.2, 0) is 21.2 Å². The van der Waals surface area contributed by atoms with Crippen LogP contribution in [0.4, 0.5) is 0 Å². The standard InChI is InChI=1S/C24H24BrClN2O3S/c1-18(20-7-9-21(25)10-8-20)27-24(29)17-28(16-15-19-5-3-2-4-6-19)32(30,31)23-13-11-22(26)12-14-23/h2-14,18H,15-17H2,1H3,(H,27,29)/t18-/m0/s1. The van der Waals surface area contributed by atoms with Gasteiger partial charge in [-0.1, -0.05) is 70.0 Å². The maximum atomic E-state index is 13.3. The first-order valence-corrected chi connectivity index (χ1v) is 12.7. The van der Waals surface area contributed by atoms with Gasteiger partial charge in [-0.05, 0) is 60.9 Å². The van der Waals surface area contributed by atoms with Crippen LogP contribution in [0, 0.1) is 0 Å². The molecule has 0 saturated heterocycles. The molecule has 0 heterocycles. The fourth-order valence-electron chi connectivity index (χ4n) is 3.22. The molecule has 0 aromatic heterocycles. The number of amides is 1. The quantitative estimate of drug-likeness (QED) is 0.409. The molecule has 0 aliphatic rings. The average molecular weight is 536 g/mol. The number of hydrogen-bond acceptors (Lipinski definition) is 3. The average Bonchev–Trinajstić information content (AvgIpc) is 2.78. The third-order valence-electron chi connectivity index (χ3n) is 5.01. The molecule has 0 radical (unpaired) electrons. The van der Waals surface area contributed by atoms with E-state index in [1.807, 2.05) is 61.5 Å². The zero-order chi connectivity index (χ0) is 23.1. The first-order valence-electron chi connectivity index (χ1n) is 10.1. The van der Waals surface area contributed by atoms with Gasteiger partial charge in [-0.2, -0.15) is 4.31 Å². The number of benzene rings is 3. The molecule has 0 saturated carbocycles. The van der Waals surface area contributed by atoms with Gasteiger partial charge in [0.15, 0.2) is 0 Å². The van der Waals surface area contributed by atoms with E-state index in [1.54, 1.807) is 0 Å². The lowest BCUT2D eigenvalue weighted by Crippen LogP contribution is -2.42. The summed E-state index contributed by atoms with van der Waals surface area (Å²) in [6.45, 7) is 1.76. The van der Waals surface area contributed by atoms with E-state index in [4.69, 9.17) is 11.6 Å². The smallest absolute Gasteiger partial charge is 0.243 e. The summed E-state index contributed by atoms with van der Waals surface area (Å²) < 4.78 is 28.7. The van der Waals surface area contributed by atoms with E-state index in [-0.39, 0.29) is 29.9 Å². The summed E-state index contributed by atoms with van der Waals surface area (Å²) in [6, 6.07) is 22.9. The highest BCUT2D eigenvalue weighted by atomic mass is 79.9. The third-order valence-corrected chi connectivity index (χ3v) is 7.65. The molecular weight excluding hydrogens is 512 g/mol. The first-order chi connectivity index (χ1) is 15.3. The van der Waals surface area contributed by atoms with Gasteiger partial charge < -0.3 is 5.32 Å². The van der Waals surface area contributed by atoms with Gasteiger partial charge in [-0.25, -0.2) is 8.42 Å². The minimum Gasteiger partial charge on any atom is -0.348 e. The third kappa shape index (κ3) is 6.65. The molecule has 0 unspecified atom stereocenters. The highest BCUT2D eigenvalue weighted by Gasteiger charge is 2.27. The SMILES string of the molecule is C[C@H](NC(=O)CN(CCc1ccccc1)S(=O)(=O)c1ccc(Cl)cc1)c1ccc(Br)cc1. The zero-order valence-electron chi connectivity index (χ0n) is 17.5. The summed E-state index contributed by atoms with van der Waals surface area (Å²) in [4.78, 5) is 12.9. The number of nitrogens with one attached hydrogen (secondary N) is 1. The molecule has 5 nitrogen and oxygen atoms in total. The Morgan fingerprint density at radius 3 is 2.25 bits per heavy atom. The Kier molecular flexibility index (Phi) is 8.48. The van der Waals surface area contributed by atoms with Crippen LogP contribution < -0.4 is 5.32 Å². The van der Waals surface area contributed by atoms with Crippen molar-refractivity contribution in [3.05, 3.63) is 99.5 Å². The van der Waals surface area contributed by atoms with E-state index in [2.05, 4.69) is 21.2 Å². The number of halogens is 2. The van der Waals surface area contributed by atoms with Crippen molar-refractivity contribution < 1.29 is 13.2 Å². The van der Waals surface area contributed by atoms with Crippen molar-refractivity contribution >= 4 is 43.5 Å². The molecule has 1 N–H and O–H groups in total. The van der Waals surface area contributed by atoms with Gasteiger partial charge >= 0.3 is 0 Å². The Labute approximate surface area is 202 Å². The molecule has 0 aliphatic carbocycles. The number of hydrogen-bond donors (Lipinski definition) is 1. The van der Waals surface area contributed by atoms with Crippen LogP contribution in [0.2, 0.25) is 5.02 Å². The molecule has 168 valence electrons. The minimum absolute atomic E-state index is 0.101. The van der Waals surface area contributed by atoms with Gasteiger partial charge in [0, 0.05) is 16.0 Å². The van der Waals surface area contributed by atoms with E-state index in [0.29, 0.717) is 11.4 Å². The topological polar surface area (TPSA) is 66.5 Å². The highest BCUT2D eigenvalue weighted by Crippen LogP contribution is 2.20. The van der Waals surface area contributed by atoms with Crippen molar-refractivity contribution in [2.75, 3.05) is 13.1 Å². The summed E-state index contributed by atoms with van der Waals surface area (Å²) in [5, 5.41) is 3.34. The van der Waals surface area contributed by atoms with Gasteiger partial charge in [0.2, 0.25) is 15.9 Å². The van der Waals surface area contributed by atoms with Crippen molar-refractivity contribution in [2.24, 2.45) is 0 Å². The zero-order valence-corrected chi connectivity index (χ0v) is 20.7. The van der Waals surface area contributed by atoms with E-state index in [0.717, 1.165) is 15.6 Å². The number of carbonyl (C=O) groups is 1. The molecule has 3 rings (SSSR count). The fourth-order valence-corrected chi connectivity index (χ4v) is 5.01. The number of sulfonamides is 1. The largest absolute Gasteiger partial charge is 0.348 e. The molecule has 0 bridgehead atoms. The first kappa shape index (κ1) is 24.5. The summed E-state index contributed by atoms with van der Waals surface area (Å²) in [7, 11) is -3.88. The normalized spacial score (nSPS) is 12.5. The lowest BCUT2D eigenvalue weighted by atomic mass is 10.1. The van der Waals surface area contributed by atoms with Crippen LogP contribution in [-0.4, -0.2) is 31.7 Å². The van der Waals surface area contributed by atoms with E-state index >= 15 is 0 Å². The van der Waals surface area contributed by atoms with E-state index in [1.165, 1.54) is 28.6 Å². The van der Waals surface area contributed by atoms with Crippen LogP contribution in [0.3, 0.4) is 0 Å². The lowest BCUT2D eigenvalue weighted by molar-refractivity contribution is -0.121. The Morgan fingerprint density at radius 2 is 1.62 bits per heavy atom. The van der Waals surface area contributed by atoms with Crippen LogP contribution in [0.5, 0.6) is 0 Å². The lowest BCUT2D eigenvalue weighted by Gasteiger charge is -2.23. The molecular formula is C24H24BrClN2O3S. The van der Waals surface area contributed by atoms with Gasteiger partial charge in [0.1, 0.15) is 0 Å². The second kappa shape index (κ2) is 11.1. The minimum atomic E-state index is -3.88. The molecule has 0 fully saturated rings. The fraction of sp³-hybridized carbons (Fsp3) is 0.208. The van der Waals surface area contributed by atoms with Crippen molar-refractivity contribution in [1.82, 2.24) is 9.62 Å². The van der Waals surface area contributed by atoms with Gasteiger partial charge in [0.25, 0.3) is 0 Å². The van der Waals surface area contributed by atoms with Gasteiger partial charge in [0.05, 0.1) is 17.5 Å². The molecule has 3 aromatic rings. The molecule has 1 atom stereocenters. The monoisotopic (exact) mass is 534 g/mol. The van der Waals surface area contributed by atoms with E-state index in [9.17, 15) is 13.2 Å². The summed E-state index contributed by atoms with van der Waals surface area (Å²) >= 11 is 9.31. The number of carbonyl (C=O) groups excluding carboxylic acids is 1. The second-order valence-electron chi connectivity index (χ2n) is 7.37. The molecule has 0 spiro atoms. The Hall–Kier alpha value is -2.19. The Balaban J connectivity index is 1.77. The summed E-state index contributed by atoms with van der Waals surface area (Å²) in [5.41, 5.74) is 1.92. The predicted octanol–water partition coefficient (Wildman–Crippen LogP) is 5.21. The van der Waals surface area contributed by atoms with Gasteiger partial charge in [-0.3, -0.25) is 4.79 Å². The summed E-state index contributed by atoms with van der Waals surface area (Å²) in [5.74, 6) is -0.369. The van der Waals surface area contributed by atoms with Gasteiger partial charge in [-0.15, -0.1) is 0 Å². The Bertz CT molecular complexity index is 1140.